The first-order valence-corrected chi connectivity index (χ1v) is 8.30. The van der Waals surface area contributed by atoms with Crippen LogP contribution in [0.3, 0.4) is 0 Å². The number of hydrogen-bond donors (Lipinski definition) is 3. The van der Waals surface area contributed by atoms with Crippen molar-refractivity contribution in [3.8, 4) is 0 Å². The lowest BCUT2D eigenvalue weighted by molar-refractivity contribution is -0.137. The normalized spacial score (nSPS) is 12.1. The molecule has 2 aromatic heterocycles. The number of fused-ring (bicyclic) bond motifs is 1. The third kappa shape index (κ3) is 4.62. The predicted octanol–water partition coefficient (Wildman–Crippen LogP) is 2.17. The molecular formula is C15H20N4O3S. The molecule has 2 heterocycles. The molecule has 0 saturated heterocycles. The molecule has 0 aliphatic heterocycles. The van der Waals surface area contributed by atoms with E-state index < -0.39 is 12.0 Å². The summed E-state index contributed by atoms with van der Waals surface area (Å²) >= 11 is 1.58. The number of rotatable bonds is 8. The van der Waals surface area contributed by atoms with Gasteiger partial charge in [-0.2, -0.15) is 0 Å². The van der Waals surface area contributed by atoms with E-state index in [1.807, 2.05) is 19.9 Å². The lowest BCUT2D eigenvalue weighted by Crippen LogP contribution is -2.40. The van der Waals surface area contributed by atoms with Crippen LogP contribution in [0.25, 0.3) is 10.2 Å². The van der Waals surface area contributed by atoms with Crippen LogP contribution in [0.4, 0.5) is 5.82 Å². The minimum atomic E-state index is -0.861. The summed E-state index contributed by atoms with van der Waals surface area (Å²) in [5.74, 6) is -0.371. The second kappa shape index (κ2) is 7.87. The maximum atomic E-state index is 12.2. The van der Waals surface area contributed by atoms with E-state index >= 15 is 0 Å². The van der Waals surface area contributed by atoms with Gasteiger partial charge in [0.25, 0.3) is 0 Å². The molecule has 0 bridgehead atoms. The largest absolute Gasteiger partial charge is 0.481 e. The first-order valence-electron chi connectivity index (χ1n) is 7.48. The number of hydrogen-bond acceptors (Lipinski definition) is 6. The average Bonchev–Trinajstić information content (AvgIpc) is 2.89. The van der Waals surface area contributed by atoms with Crippen LogP contribution in [0.2, 0.25) is 0 Å². The number of anilines is 1. The summed E-state index contributed by atoms with van der Waals surface area (Å²) in [5, 5.41) is 15.4. The first-order chi connectivity index (χ1) is 11.0. The Kier molecular flexibility index (Phi) is 5.86. The third-order valence-electron chi connectivity index (χ3n) is 3.35. The lowest BCUT2D eigenvalue weighted by Gasteiger charge is -2.17. The molecule has 0 spiro atoms. The Hall–Kier alpha value is -2.22. The average molecular weight is 336 g/mol. The van der Waals surface area contributed by atoms with Crippen molar-refractivity contribution in [2.24, 2.45) is 0 Å². The fraction of sp³-hybridized carbons (Fsp3) is 0.467. The van der Waals surface area contributed by atoms with E-state index in [0.717, 1.165) is 15.1 Å². The number of thiophene rings is 1. The summed E-state index contributed by atoms with van der Waals surface area (Å²) in [7, 11) is 0. The third-order valence-corrected chi connectivity index (χ3v) is 4.31. The Labute approximate surface area is 138 Å². The number of carbonyl (C=O) groups excluding carboxylic acids is 1. The van der Waals surface area contributed by atoms with Crippen molar-refractivity contribution < 1.29 is 14.7 Å². The minimum Gasteiger partial charge on any atom is -0.481 e. The monoisotopic (exact) mass is 336 g/mol. The van der Waals surface area contributed by atoms with E-state index in [1.165, 1.54) is 6.33 Å². The summed E-state index contributed by atoms with van der Waals surface area (Å²) in [4.78, 5) is 33.2. The molecule has 2 rings (SSSR count). The maximum absolute atomic E-state index is 12.2. The van der Waals surface area contributed by atoms with E-state index in [2.05, 4.69) is 20.6 Å². The summed E-state index contributed by atoms with van der Waals surface area (Å²) in [5.41, 5.74) is 0. The second-order valence-corrected chi connectivity index (χ2v) is 6.43. The van der Waals surface area contributed by atoms with Crippen LogP contribution >= 0.6 is 11.3 Å². The number of aliphatic carboxylic acids is 1. The molecule has 8 heteroatoms. The molecule has 124 valence electrons. The van der Waals surface area contributed by atoms with Gasteiger partial charge in [-0.1, -0.05) is 6.92 Å². The van der Waals surface area contributed by atoms with E-state index in [9.17, 15) is 9.59 Å². The predicted molar refractivity (Wildman–Crippen MR) is 89.7 cm³/mol. The van der Waals surface area contributed by atoms with Gasteiger partial charge < -0.3 is 15.7 Å². The standard InChI is InChI=1S/C15H20N4O3S/c1-3-11(14(22)16-6-4-5-12(20)21)19-13-10-7-9(2)23-15(10)18-8-17-13/h7-8,11H,3-6H2,1-2H3,(H,16,22)(H,20,21)(H,17,18,19). The Morgan fingerprint density at radius 3 is 2.87 bits per heavy atom. The molecule has 0 aliphatic rings. The number of aromatic nitrogens is 2. The summed E-state index contributed by atoms with van der Waals surface area (Å²) in [6, 6.07) is 1.58. The van der Waals surface area contributed by atoms with E-state index in [-0.39, 0.29) is 12.3 Å². The Bertz CT molecular complexity index is 701. The van der Waals surface area contributed by atoms with E-state index in [1.54, 1.807) is 11.3 Å². The molecule has 0 saturated carbocycles. The van der Waals surface area contributed by atoms with Crippen molar-refractivity contribution in [2.75, 3.05) is 11.9 Å². The topological polar surface area (TPSA) is 104 Å². The van der Waals surface area contributed by atoms with Gasteiger partial charge in [0.15, 0.2) is 0 Å². The SMILES string of the molecule is CCC(Nc1ncnc2sc(C)cc12)C(=O)NCCCC(=O)O. The minimum absolute atomic E-state index is 0.0468. The van der Waals surface area contributed by atoms with Gasteiger partial charge in [0, 0.05) is 17.8 Å². The number of carbonyl (C=O) groups is 2. The van der Waals surface area contributed by atoms with Crippen LogP contribution in [0.5, 0.6) is 0 Å². The van der Waals surface area contributed by atoms with E-state index in [4.69, 9.17) is 5.11 Å². The molecule has 0 fully saturated rings. The Morgan fingerprint density at radius 1 is 1.39 bits per heavy atom. The maximum Gasteiger partial charge on any atom is 0.303 e. The molecular weight excluding hydrogens is 316 g/mol. The van der Waals surface area contributed by atoms with Gasteiger partial charge in [-0.3, -0.25) is 9.59 Å². The van der Waals surface area contributed by atoms with Gasteiger partial charge >= 0.3 is 5.97 Å². The second-order valence-electron chi connectivity index (χ2n) is 5.19. The van der Waals surface area contributed by atoms with Crippen LogP contribution < -0.4 is 10.6 Å². The highest BCUT2D eigenvalue weighted by atomic mass is 32.1. The fourth-order valence-corrected chi connectivity index (χ4v) is 3.03. The number of nitrogens with zero attached hydrogens (tertiary/aromatic N) is 2. The van der Waals surface area contributed by atoms with E-state index in [0.29, 0.717) is 25.2 Å². The van der Waals surface area contributed by atoms with Gasteiger partial charge in [-0.05, 0) is 25.8 Å². The van der Waals surface area contributed by atoms with Gasteiger partial charge in [0.05, 0.1) is 5.39 Å². The van der Waals surface area contributed by atoms with Crippen molar-refractivity contribution in [3.63, 3.8) is 0 Å². The Morgan fingerprint density at radius 2 is 2.17 bits per heavy atom. The van der Waals surface area contributed by atoms with Gasteiger partial charge in [0.1, 0.15) is 23.0 Å². The number of nitrogens with one attached hydrogen (secondary N) is 2. The first kappa shape index (κ1) is 17.1. The zero-order chi connectivity index (χ0) is 16.8. The van der Waals surface area contributed by atoms with Crippen molar-refractivity contribution in [3.05, 3.63) is 17.3 Å². The van der Waals surface area contributed by atoms with Crippen LogP contribution in [0, 0.1) is 6.92 Å². The molecule has 1 amide bonds. The zero-order valence-electron chi connectivity index (χ0n) is 13.1. The van der Waals surface area contributed by atoms with Crippen molar-refractivity contribution in [1.82, 2.24) is 15.3 Å². The van der Waals surface area contributed by atoms with Crippen LogP contribution in [0.1, 0.15) is 31.1 Å². The molecule has 0 aromatic carbocycles. The summed E-state index contributed by atoms with van der Waals surface area (Å²) in [6.07, 6.45) is 2.54. The zero-order valence-corrected chi connectivity index (χ0v) is 13.9. The number of aryl methyl sites for hydroxylation is 1. The highest BCUT2D eigenvalue weighted by Crippen LogP contribution is 2.27. The summed E-state index contributed by atoms with van der Waals surface area (Å²) < 4.78 is 0. The highest BCUT2D eigenvalue weighted by Gasteiger charge is 2.18. The molecule has 0 aliphatic carbocycles. The molecule has 7 nitrogen and oxygen atoms in total. The quantitative estimate of drug-likeness (QED) is 0.638. The molecule has 2 aromatic rings. The lowest BCUT2D eigenvalue weighted by atomic mass is 10.2. The van der Waals surface area contributed by atoms with Crippen LogP contribution in [-0.4, -0.2) is 39.5 Å². The van der Waals surface area contributed by atoms with Gasteiger partial charge in [-0.25, -0.2) is 9.97 Å². The molecule has 1 unspecified atom stereocenters. The summed E-state index contributed by atoms with van der Waals surface area (Å²) in [6.45, 7) is 4.26. The Balaban J connectivity index is 2.00. The van der Waals surface area contributed by atoms with Gasteiger partial charge in [0.2, 0.25) is 5.91 Å². The van der Waals surface area contributed by atoms with Crippen molar-refractivity contribution in [1.29, 1.82) is 0 Å². The van der Waals surface area contributed by atoms with Crippen molar-refractivity contribution >= 4 is 39.2 Å². The number of amides is 1. The van der Waals surface area contributed by atoms with Crippen LogP contribution in [-0.2, 0) is 9.59 Å². The van der Waals surface area contributed by atoms with Crippen LogP contribution in [0.15, 0.2) is 12.4 Å². The van der Waals surface area contributed by atoms with Crippen molar-refractivity contribution in [2.45, 2.75) is 39.2 Å². The van der Waals surface area contributed by atoms with Gasteiger partial charge in [-0.15, -0.1) is 11.3 Å². The number of carboxylic acid groups (broad SMARTS) is 1. The fourth-order valence-electron chi connectivity index (χ4n) is 2.18. The number of carboxylic acids is 1. The molecule has 1 atom stereocenters. The molecule has 3 N–H and O–H groups in total. The molecule has 23 heavy (non-hydrogen) atoms. The smallest absolute Gasteiger partial charge is 0.303 e. The molecule has 0 radical (unpaired) electrons. The highest BCUT2D eigenvalue weighted by molar-refractivity contribution is 7.18.